The summed E-state index contributed by atoms with van der Waals surface area (Å²) in [5.41, 5.74) is 10.6. The van der Waals surface area contributed by atoms with Crippen molar-refractivity contribution in [3.8, 4) is 0 Å². The Hall–Kier alpha value is -3.28. The van der Waals surface area contributed by atoms with Crippen molar-refractivity contribution in [2.75, 3.05) is 0 Å². The van der Waals surface area contributed by atoms with E-state index in [1.54, 1.807) is 0 Å². The highest BCUT2D eigenvalue weighted by atomic mass is 16.2. The van der Waals surface area contributed by atoms with Gasteiger partial charge in [0.25, 0.3) is 0 Å². The number of hydrogen-bond acceptors (Lipinski definition) is 4. The van der Waals surface area contributed by atoms with E-state index in [2.05, 4.69) is 21.1 Å². The van der Waals surface area contributed by atoms with Crippen molar-refractivity contribution in [2.24, 2.45) is 10.2 Å². The summed E-state index contributed by atoms with van der Waals surface area (Å²) in [5.74, 6) is -0.637. The first-order valence-electron chi connectivity index (χ1n) is 9.15. The van der Waals surface area contributed by atoms with Crippen molar-refractivity contribution in [2.45, 2.75) is 40.5 Å². The number of nitrogens with zero attached hydrogens (tertiary/aromatic N) is 2. The number of carbonyl (C=O) groups is 2. The molecule has 28 heavy (non-hydrogen) atoms. The van der Waals surface area contributed by atoms with Gasteiger partial charge in [-0.1, -0.05) is 59.7 Å². The third kappa shape index (κ3) is 6.79. The molecule has 0 fully saturated rings. The number of benzene rings is 2. The van der Waals surface area contributed by atoms with Gasteiger partial charge in [0.05, 0.1) is 11.4 Å². The normalized spacial score (nSPS) is 11.9. The van der Waals surface area contributed by atoms with Gasteiger partial charge in [-0.25, -0.2) is 10.9 Å². The van der Waals surface area contributed by atoms with Gasteiger partial charge in [-0.05, 0) is 38.8 Å². The Morgan fingerprint density at radius 2 is 1.00 bits per heavy atom. The molecule has 0 bridgehead atoms. The van der Waals surface area contributed by atoms with Gasteiger partial charge in [-0.3, -0.25) is 9.59 Å². The SMILES string of the molecule is C/C(=N/NC(=O)CCC(=O)N/N=C(\C)c1ccc(C)cc1)c1ccc(C)cc1. The number of hydrogen-bond donors (Lipinski definition) is 2. The largest absolute Gasteiger partial charge is 0.273 e. The van der Waals surface area contributed by atoms with E-state index in [1.807, 2.05) is 76.2 Å². The topological polar surface area (TPSA) is 82.9 Å². The van der Waals surface area contributed by atoms with Crippen LogP contribution in [0.2, 0.25) is 0 Å². The van der Waals surface area contributed by atoms with Crippen LogP contribution >= 0.6 is 0 Å². The van der Waals surface area contributed by atoms with Crippen LogP contribution in [-0.4, -0.2) is 23.2 Å². The Morgan fingerprint density at radius 3 is 1.32 bits per heavy atom. The minimum Gasteiger partial charge on any atom is -0.273 e. The molecule has 0 atom stereocenters. The fourth-order valence-electron chi connectivity index (χ4n) is 2.35. The maximum atomic E-state index is 11.9. The van der Waals surface area contributed by atoms with Crippen LogP contribution in [0.5, 0.6) is 0 Å². The monoisotopic (exact) mass is 378 g/mol. The summed E-state index contributed by atoms with van der Waals surface area (Å²) < 4.78 is 0. The van der Waals surface area contributed by atoms with Crippen molar-refractivity contribution in [1.82, 2.24) is 10.9 Å². The fourth-order valence-corrected chi connectivity index (χ4v) is 2.35. The lowest BCUT2D eigenvalue weighted by Crippen LogP contribution is -2.24. The van der Waals surface area contributed by atoms with E-state index in [-0.39, 0.29) is 24.7 Å². The second-order valence-corrected chi connectivity index (χ2v) is 6.70. The van der Waals surface area contributed by atoms with Gasteiger partial charge in [-0.2, -0.15) is 10.2 Å². The summed E-state index contributed by atoms with van der Waals surface area (Å²) in [6.07, 6.45) is 0.0746. The Morgan fingerprint density at radius 1 is 0.679 bits per heavy atom. The summed E-state index contributed by atoms with van der Waals surface area (Å²) >= 11 is 0. The van der Waals surface area contributed by atoms with Crippen LogP contribution in [0.4, 0.5) is 0 Å². The zero-order valence-electron chi connectivity index (χ0n) is 16.7. The number of carbonyl (C=O) groups excluding carboxylic acids is 2. The summed E-state index contributed by atoms with van der Waals surface area (Å²) in [7, 11) is 0. The van der Waals surface area contributed by atoms with Crippen LogP contribution in [0.1, 0.15) is 48.9 Å². The van der Waals surface area contributed by atoms with Gasteiger partial charge < -0.3 is 0 Å². The van der Waals surface area contributed by atoms with E-state index in [9.17, 15) is 9.59 Å². The molecular weight excluding hydrogens is 352 g/mol. The molecule has 146 valence electrons. The first-order valence-corrected chi connectivity index (χ1v) is 9.15. The van der Waals surface area contributed by atoms with E-state index in [1.165, 1.54) is 0 Å². The molecular formula is C22H26N4O2. The Kier molecular flexibility index (Phi) is 7.63. The van der Waals surface area contributed by atoms with Crippen LogP contribution in [0, 0.1) is 13.8 Å². The fraction of sp³-hybridized carbons (Fsp3) is 0.273. The molecule has 2 aromatic carbocycles. The molecule has 0 saturated carbocycles. The number of hydrazone groups is 2. The molecule has 2 rings (SSSR count). The maximum Gasteiger partial charge on any atom is 0.240 e. The van der Waals surface area contributed by atoms with E-state index in [4.69, 9.17) is 0 Å². The number of rotatable bonds is 7. The lowest BCUT2D eigenvalue weighted by Gasteiger charge is -2.04. The van der Waals surface area contributed by atoms with Crippen molar-refractivity contribution in [3.63, 3.8) is 0 Å². The Bertz CT molecular complexity index is 806. The molecule has 6 heteroatoms. The Labute approximate surface area is 165 Å². The second kappa shape index (κ2) is 10.2. The molecule has 0 aliphatic heterocycles. The first kappa shape index (κ1) is 21.0. The van der Waals surface area contributed by atoms with Gasteiger partial charge in [0.2, 0.25) is 11.8 Å². The molecule has 0 aromatic heterocycles. The zero-order chi connectivity index (χ0) is 20.5. The number of aryl methyl sites for hydroxylation is 2. The highest BCUT2D eigenvalue weighted by Crippen LogP contribution is 2.05. The summed E-state index contributed by atoms with van der Waals surface area (Å²) in [4.78, 5) is 23.8. The van der Waals surface area contributed by atoms with Crippen LogP contribution in [0.15, 0.2) is 58.7 Å². The van der Waals surface area contributed by atoms with Crippen molar-refractivity contribution in [3.05, 3.63) is 70.8 Å². The van der Waals surface area contributed by atoms with Crippen molar-refractivity contribution >= 4 is 23.2 Å². The van der Waals surface area contributed by atoms with Gasteiger partial charge >= 0.3 is 0 Å². The average Bonchev–Trinajstić information content (AvgIpc) is 2.69. The molecule has 0 spiro atoms. The molecule has 0 saturated heterocycles. The molecule has 2 N–H and O–H groups in total. The van der Waals surface area contributed by atoms with Crippen LogP contribution in [-0.2, 0) is 9.59 Å². The summed E-state index contributed by atoms with van der Waals surface area (Å²) in [5, 5.41) is 8.16. The van der Waals surface area contributed by atoms with Gasteiger partial charge in [0.1, 0.15) is 0 Å². The van der Waals surface area contributed by atoms with Crippen LogP contribution in [0.25, 0.3) is 0 Å². The average molecular weight is 378 g/mol. The standard InChI is InChI=1S/C22H26N4O2/c1-15-5-9-19(10-6-15)17(3)23-25-21(27)13-14-22(28)26-24-18(4)20-11-7-16(2)8-12-20/h5-12H,13-14H2,1-4H3,(H,25,27)(H,26,28)/b23-17-,24-18+. The third-order valence-corrected chi connectivity index (χ3v) is 4.21. The maximum absolute atomic E-state index is 11.9. The number of nitrogens with one attached hydrogen (secondary N) is 2. The zero-order valence-corrected chi connectivity index (χ0v) is 16.7. The quantitative estimate of drug-likeness (QED) is 0.571. The highest BCUT2D eigenvalue weighted by Gasteiger charge is 2.07. The van der Waals surface area contributed by atoms with Crippen molar-refractivity contribution < 1.29 is 9.59 Å². The first-order chi connectivity index (χ1) is 13.3. The lowest BCUT2D eigenvalue weighted by atomic mass is 10.1. The van der Waals surface area contributed by atoms with Gasteiger partial charge in [-0.15, -0.1) is 0 Å². The van der Waals surface area contributed by atoms with Gasteiger partial charge in [0, 0.05) is 12.8 Å². The molecule has 0 radical (unpaired) electrons. The minimum absolute atomic E-state index is 0.0373. The smallest absolute Gasteiger partial charge is 0.240 e. The molecule has 0 heterocycles. The van der Waals surface area contributed by atoms with Gasteiger partial charge in [0.15, 0.2) is 0 Å². The summed E-state index contributed by atoms with van der Waals surface area (Å²) in [6, 6.07) is 15.7. The summed E-state index contributed by atoms with van der Waals surface area (Å²) in [6.45, 7) is 7.66. The highest BCUT2D eigenvalue weighted by molar-refractivity contribution is 6.00. The molecule has 2 aromatic rings. The second-order valence-electron chi connectivity index (χ2n) is 6.70. The Balaban J connectivity index is 1.78. The van der Waals surface area contributed by atoms with Crippen LogP contribution < -0.4 is 10.9 Å². The molecule has 0 aliphatic rings. The predicted molar refractivity (Wildman–Crippen MR) is 112 cm³/mol. The lowest BCUT2D eigenvalue weighted by molar-refractivity contribution is -0.126. The van der Waals surface area contributed by atoms with Crippen molar-refractivity contribution in [1.29, 1.82) is 0 Å². The van der Waals surface area contributed by atoms with E-state index in [0.717, 1.165) is 22.3 Å². The number of amides is 2. The van der Waals surface area contributed by atoms with Crippen LogP contribution in [0.3, 0.4) is 0 Å². The molecule has 6 nitrogen and oxygen atoms in total. The van der Waals surface area contributed by atoms with E-state index in [0.29, 0.717) is 11.4 Å². The predicted octanol–water partition coefficient (Wildman–Crippen LogP) is 3.46. The van der Waals surface area contributed by atoms with E-state index < -0.39 is 0 Å². The van der Waals surface area contributed by atoms with E-state index >= 15 is 0 Å². The minimum atomic E-state index is -0.319. The molecule has 0 unspecified atom stereocenters. The third-order valence-electron chi connectivity index (χ3n) is 4.21. The molecule has 0 aliphatic carbocycles. The molecule has 2 amide bonds.